The molecule has 130 valence electrons. The van der Waals surface area contributed by atoms with E-state index >= 15 is 0 Å². The van der Waals surface area contributed by atoms with Crippen LogP contribution in [-0.4, -0.2) is 16.8 Å². The van der Waals surface area contributed by atoms with Gasteiger partial charge in [-0.2, -0.15) is 0 Å². The summed E-state index contributed by atoms with van der Waals surface area (Å²) in [5, 5.41) is 8.50. The van der Waals surface area contributed by atoms with Gasteiger partial charge in [-0.1, -0.05) is 34.4 Å². The van der Waals surface area contributed by atoms with Crippen molar-refractivity contribution in [3.63, 3.8) is 0 Å². The lowest BCUT2D eigenvalue weighted by molar-refractivity contribution is 0.269. The van der Waals surface area contributed by atoms with Gasteiger partial charge in [0.2, 0.25) is 5.89 Å². The minimum absolute atomic E-state index is 0.00732. The summed E-state index contributed by atoms with van der Waals surface area (Å²) in [5.41, 5.74) is 7.04. The predicted molar refractivity (Wildman–Crippen MR) is 96.1 cm³/mol. The van der Waals surface area contributed by atoms with E-state index < -0.39 is 0 Å². The Morgan fingerprint density at radius 1 is 1.00 bits per heavy atom. The summed E-state index contributed by atoms with van der Waals surface area (Å²) in [6.45, 7) is 2.70. The van der Waals surface area contributed by atoms with Gasteiger partial charge >= 0.3 is 6.01 Å². The number of ether oxygens (including phenoxy) is 2. The number of halogens is 2. The van der Waals surface area contributed by atoms with E-state index in [1.54, 1.807) is 30.3 Å². The Morgan fingerprint density at radius 2 is 1.84 bits per heavy atom. The Bertz CT molecular complexity index is 883. The van der Waals surface area contributed by atoms with Crippen LogP contribution in [0.5, 0.6) is 11.5 Å². The molecule has 3 aromatic rings. The van der Waals surface area contributed by atoms with Crippen molar-refractivity contribution in [1.82, 2.24) is 10.2 Å². The molecule has 0 bridgehead atoms. The highest BCUT2D eigenvalue weighted by Gasteiger charge is 2.12. The van der Waals surface area contributed by atoms with E-state index in [-0.39, 0.29) is 6.01 Å². The highest BCUT2D eigenvalue weighted by Crippen LogP contribution is 2.33. The molecule has 0 saturated carbocycles. The van der Waals surface area contributed by atoms with E-state index in [9.17, 15) is 0 Å². The number of anilines is 1. The van der Waals surface area contributed by atoms with Crippen LogP contribution in [0.15, 0.2) is 40.8 Å². The summed E-state index contributed by atoms with van der Waals surface area (Å²) >= 11 is 11.9. The molecule has 1 heterocycles. The molecule has 0 fully saturated rings. The molecule has 2 aromatic carbocycles. The average molecular weight is 380 g/mol. The van der Waals surface area contributed by atoms with Crippen LogP contribution in [-0.2, 0) is 6.61 Å². The molecule has 0 amide bonds. The lowest BCUT2D eigenvalue weighted by Gasteiger charge is -2.13. The summed E-state index contributed by atoms with van der Waals surface area (Å²) in [6, 6.07) is 10.7. The Balaban J connectivity index is 1.81. The topological polar surface area (TPSA) is 83.4 Å². The summed E-state index contributed by atoms with van der Waals surface area (Å²) in [4.78, 5) is 0. The molecule has 6 nitrogen and oxygen atoms in total. The second-order valence-corrected chi connectivity index (χ2v) is 5.89. The van der Waals surface area contributed by atoms with Crippen LogP contribution in [0.2, 0.25) is 10.0 Å². The van der Waals surface area contributed by atoms with Gasteiger partial charge in [0.15, 0.2) is 11.5 Å². The number of nitrogen functional groups attached to an aromatic ring is 1. The second kappa shape index (κ2) is 7.63. The molecule has 0 aliphatic carbocycles. The van der Waals surface area contributed by atoms with E-state index in [1.165, 1.54) is 0 Å². The molecule has 2 N–H and O–H groups in total. The molecule has 1 aromatic heterocycles. The first-order valence-corrected chi connectivity index (χ1v) is 8.25. The standard InChI is InChI=1S/C17H15Cl2N3O3/c1-2-23-15-8-11(16-21-22-17(20)25-16)4-6-14(15)24-9-10-3-5-12(18)13(19)7-10/h3-8H,2,9H2,1H3,(H2,20,22). The monoisotopic (exact) mass is 379 g/mol. The van der Waals surface area contributed by atoms with Gasteiger partial charge in [-0.15, -0.1) is 5.10 Å². The van der Waals surface area contributed by atoms with Crippen LogP contribution in [0, 0.1) is 0 Å². The average Bonchev–Trinajstić information content (AvgIpc) is 3.03. The smallest absolute Gasteiger partial charge is 0.313 e. The molecule has 8 heteroatoms. The number of nitrogens with two attached hydrogens (primary N) is 1. The predicted octanol–water partition coefficient (Wildman–Crippen LogP) is 4.60. The Kier molecular flexibility index (Phi) is 5.31. The van der Waals surface area contributed by atoms with E-state index in [0.717, 1.165) is 5.56 Å². The third-order valence-electron chi connectivity index (χ3n) is 3.31. The van der Waals surface area contributed by atoms with Crippen molar-refractivity contribution in [3.05, 3.63) is 52.0 Å². The molecular weight excluding hydrogens is 365 g/mol. The third kappa shape index (κ3) is 4.15. The summed E-state index contributed by atoms with van der Waals surface area (Å²) in [6.07, 6.45) is 0. The zero-order valence-electron chi connectivity index (χ0n) is 13.3. The van der Waals surface area contributed by atoms with Crippen LogP contribution < -0.4 is 15.2 Å². The summed E-state index contributed by atoms with van der Waals surface area (Å²) in [7, 11) is 0. The van der Waals surface area contributed by atoms with Crippen molar-refractivity contribution >= 4 is 29.2 Å². The molecular formula is C17H15Cl2N3O3. The largest absolute Gasteiger partial charge is 0.490 e. The maximum absolute atomic E-state index is 6.02. The van der Waals surface area contributed by atoms with Crippen molar-refractivity contribution in [2.45, 2.75) is 13.5 Å². The molecule has 0 saturated heterocycles. The Hall–Kier alpha value is -2.44. The van der Waals surface area contributed by atoms with Gasteiger partial charge in [0.1, 0.15) is 6.61 Å². The highest BCUT2D eigenvalue weighted by atomic mass is 35.5. The number of hydrogen-bond donors (Lipinski definition) is 1. The van der Waals surface area contributed by atoms with E-state index in [4.69, 9.17) is 42.8 Å². The number of benzene rings is 2. The summed E-state index contributed by atoms with van der Waals surface area (Å²) < 4.78 is 16.7. The lowest BCUT2D eigenvalue weighted by atomic mass is 10.2. The quantitative estimate of drug-likeness (QED) is 0.673. The van der Waals surface area contributed by atoms with Crippen molar-refractivity contribution in [2.75, 3.05) is 12.3 Å². The zero-order valence-corrected chi connectivity index (χ0v) is 14.8. The van der Waals surface area contributed by atoms with Gasteiger partial charge in [-0.05, 0) is 42.8 Å². The minimum atomic E-state index is 0.00732. The van der Waals surface area contributed by atoms with Crippen LogP contribution in [0.25, 0.3) is 11.5 Å². The zero-order chi connectivity index (χ0) is 17.8. The van der Waals surface area contributed by atoms with Crippen molar-refractivity contribution < 1.29 is 13.9 Å². The first-order valence-electron chi connectivity index (χ1n) is 7.49. The van der Waals surface area contributed by atoms with E-state index in [1.807, 2.05) is 13.0 Å². The highest BCUT2D eigenvalue weighted by molar-refractivity contribution is 6.42. The van der Waals surface area contributed by atoms with Gasteiger partial charge in [-0.3, -0.25) is 0 Å². The molecule has 0 spiro atoms. The fourth-order valence-corrected chi connectivity index (χ4v) is 2.49. The van der Waals surface area contributed by atoms with E-state index in [0.29, 0.717) is 46.2 Å². The third-order valence-corrected chi connectivity index (χ3v) is 4.05. The molecule has 25 heavy (non-hydrogen) atoms. The van der Waals surface area contributed by atoms with Crippen molar-refractivity contribution in [3.8, 4) is 23.0 Å². The molecule has 3 rings (SSSR count). The first kappa shape index (κ1) is 17.4. The van der Waals surface area contributed by atoms with Crippen molar-refractivity contribution in [2.24, 2.45) is 0 Å². The minimum Gasteiger partial charge on any atom is -0.490 e. The van der Waals surface area contributed by atoms with Crippen molar-refractivity contribution in [1.29, 1.82) is 0 Å². The molecule has 0 aliphatic heterocycles. The molecule has 0 unspecified atom stereocenters. The Morgan fingerprint density at radius 3 is 2.52 bits per heavy atom. The van der Waals surface area contributed by atoms with Crippen LogP contribution in [0.3, 0.4) is 0 Å². The van der Waals surface area contributed by atoms with Gasteiger partial charge in [0.05, 0.1) is 16.7 Å². The number of nitrogens with zero attached hydrogens (tertiary/aromatic N) is 2. The first-order chi connectivity index (χ1) is 12.1. The van der Waals surface area contributed by atoms with Gasteiger partial charge in [0, 0.05) is 5.56 Å². The SMILES string of the molecule is CCOc1cc(-c2nnc(N)o2)ccc1OCc1ccc(Cl)c(Cl)c1. The van der Waals surface area contributed by atoms with Gasteiger partial charge < -0.3 is 19.6 Å². The van der Waals surface area contributed by atoms with Crippen LogP contribution >= 0.6 is 23.2 Å². The fourth-order valence-electron chi connectivity index (χ4n) is 2.17. The summed E-state index contributed by atoms with van der Waals surface area (Å²) in [5.74, 6) is 1.47. The molecule has 0 atom stereocenters. The van der Waals surface area contributed by atoms with Crippen LogP contribution in [0.1, 0.15) is 12.5 Å². The molecule has 0 aliphatic rings. The maximum atomic E-state index is 6.02. The van der Waals surface area contributed by atoms with E-state index in [2.05, 4.69) is 10.2 Å². The normalized spacial score (nSPS) is 10.7. The lowest BCUT2D eigenvalue weighted by Crippen LogP contribution is -2.00. The van der Waals surface area contributed by atoms with Crippen LogP contribution in [0.4, 0.5) is 6.01 Å². The number of rotatable bonds is 6. The fraction of sp³-hybridized carbons (Fsp3) is 0.176. The van der Waals surface area contributed by atoms with Gasteiger partial charge in [0.25, 0.3) is 0 Å². The number of hydrogen-bond acceptors (Lipinski definition) is 6. The molecule has 0 radical (unpaired) electrons. The Labute approximate surface area is 154 Å². The number of aromatic nitrogens is 2. The second-order valence-electron chi connectivity index (χ2n) is 5.08. The van der Waals surface area contributed by atoms with Gasteiger partial charge in [-0.25, -0.2) is 0 Å². The maximum Gasteiger partial charge on any atom is 0.313 e.